The average molecular weight is 467 g/mol. The molecule has 0 saturated carbocycles. The third kappa shape index (κ3) is 4.92. The van der Waals surface area contributed by atoms with Gasteiger partial charge in [-0.3, -0.25) is 9.10 Å². The van der Waals surface area contributed by atoms with Crippen LogP contribution >= 0.6 is 23.2 Å². The zero-order valence-corrected chi connectivity index (χ0v) is 18.1. The van der Waals surface area contributed by atoms with E-state index in [4.69, 9.17) is 23.2 Å². The Labute approximate surface area is 184 Å². The highest BCUT2D eigenvalue weighted by Gasteiger charge is 2.29. The molecule has 0 aliphatic carbocycles. The summed E-state index contributed by atoms with van der Waals surface area (Å²) in [4.78, 5) is 12.6. The number of benzene rings is 3. The van der Waals surface area contributed by atoms with Gasteiger partial charge < -0.3 is 5.32 Å². The zero-order valence-electron chi connectivity index (χ0n) is 15.8. The summed E-state index contributed by atoms with van der Waals surface area (Å²) < 4.78 is 40.9. The van der Waals surface area contributed by atoms with Crippen LogP contribution < -0.4 is 9.62 Å². The first-order valence-corrected chi connectivity index (χ1v) is 11.0. The van der Waals surface area contributed by atoms with Gasteiger partial charge in [-0.15, -0.1) is 0 Å². The van der Waals surface area contributed by atoms with Crippen LogP contribution in [0.3, 0.4) is 0 Å². The largest absolute Gasteiger partial charge is 0.324 e. The van der Waals surface area contributed by atoms with E-state index in [1.807, 2.05) is 6.92 Å². The number of carbonyl (C=O) groups excluding carboxylic acids is 1. The monoisotopic (exact) mass is 466 g/mol. The summed E-state index contributed by atoms with van der Waals surface area (Å²) in [5, 5.41) is 2.62. The van der Waals surface area contributed by atoms with Crippen LogP contribution in [0.4, 0.5) is 15.8 Å². The highest BCUT2D eigenvalue weighted by molar-refractivity contribution is 7.92. The van der Waals surface area contributed by atoms with Gasteiger partial charge in [0.2, 0.25) is 5.91 Å². The molecule has 0 unspecified atom stereocenters. The summed E-state index contributed by atoms with van der Waals surface area (Å²) in [6.07, 6.45) is 0. The molecule has 3 aromatic carbocycles. The average Bonchev–Trinajstić information content (AvgIpc) is 2.69. The van der Waals surface area contributed by atoms with E-state index in [2.05, 4.69) is 5.32 Å². The Kier molecular flexibility index (Phi) is 6.65. The molecule has 1 amide bonds. The first-order valence-electron chi connectivity index (χ1n) is 8.77. The molecule has 0 aromatic heterocycles. The standard InChI is InChI=1S/C21H17Cl2FN2O3S/c1-14-8-10-17(11-9-14)30(28,29)26(19-7-3-6-18(22)21(19)23)13-20(27)25-16-5-2-4-15(24)12-16/h2-12H,13H2,1H3,(H,25,27). The maximum atomic E-state index is 13.4. The summed E-state index contributed by atoms with van der Waals surface area (Å²) >= 11 is 12.3. The number of nitrogens with zero attached hydrogens (tertiary/aromatic N) is 1. The maximum absolute atomic E-state index is 13.4. The third-order valence-corrected chi connectivity index (χ3v) is 6.79. The lowest BCUT2D eigenvalue weighted by Crippen LogP contribution is -2.38. The van der Waals surface area contributed by atoms with Gasteiger partial charge in [0.1, 0.15) is 12.4 Å². The molecule has 0 aliphatic heterocycles. The van der Waals surface area contributed by atoms with Crippen LogP contribution in [0.25, 0.3) is 0 Å². The number of sulfonamides is 1. The smallest absolute Gasteiger partial charge is 0.264 e. The van der Waals surface area contributed by atoms with E-state index in [9.17, 15) is 17.6 Å². The Hall–Kier alpha value is -2.61. The summed E-state index contributed by atoms with van der Waals surface area (Å²) in [5.74, 6) is -1.21. The van der Waals surface area contributed by atoms with Gasteiger partial charge in [-0.25, -0.2) is 12.8 Å². The minimum atomic E-state index is -4.15. The molecule has 0 bridgehead atoms. The molecule has 156 valence electrons. The van der Waals surface area contributed by atoms with Gasteiger partial charge in [-0.2, -0.15) is 0 Å². The number of halogens is 3. The lowest BCUT2D eigenvalue weighted by atomic mass is 10.2. The van der Waals surface area contributed by atoms with Crippen molar-refractivity contribution in [3.05, 3.63) is 88.2 Å². The Morgan fingerprint density at radius 2 is 1.70 bits per heavy atom. The van der Waals surface area contributed by atoms with Crippen molar-refractivity contribution in [1.29, 1.82) is 0 Å². The molecule has 0 fully saturated rings. The molecule has 0 heterocycles. The number of carbonyl (C=O) groups is 1. The normalized spacial score (nSPS) is 11.2. The van der Waals surface area contributed by atoms with Crippen molar-refractivity contribution in [2.45, 2.75) is 11.8 Å². The number of amides is 1. The van der Waals surface area contributed by atoms with Gasteiger partial charge in [0.15, 0.2) is 0 Å². The van der Waals surface area contributed by atoms with Gasteiger partial charge in [-0.1, -0.05) is 53.0 Å². The van der Waals surface area contributed by atoms with E-state index in [-0.39, 0.29) is 26.3 Å². The Morgan fingerprint density at radius 1 is 1.03 bits per heavy atom. The van der Waals surface area contributed by atoms with Crippen LogP contribution in [0.15, 0.2) is 71.6 Å². The minimum Gasteiger partial charge on any atom is -0.324 e. The quantitative estimate of drug-likeness (QED) is 0.537. The molecule has 0 saturated heterocycles. The van der Waals surface area contributed by atoms with E-state index in [0.717, 1.165) is 15.9 Å². The number of nitrogens with one attached hydrogen (secondary N) is 1. The lowest BCUT2D eigenvalue weighted by Gasteiger charge is -2.25. The fourth-order valence-electron chi connectivity index (χ4n) is 2.72. The molecule has 30 heavy (non-hydrogen) atoms. The van der Waals surface area contributed by atoms with Gasteiger partial charge in [0.05, 0.1) is 20.6 Å². The number of hydrogen-bond acceptors (Lipinski definition) is 3. The second-order valence-electron chi connectivity index (χ2n) is 6.46. The number of aryl methyl sites for hydroxylation is 1. The predicted molar refractivity (Wildman–Crippen MR) is 117 cm³/mol. The molecule has 0 radical (unpaired) electrons. The minimum absolute atomic E-state index is 0.00610. The Balaban J connectivity index is 2.00. The Bertz CT molecular complexity index is 1190. The number of hydrogen-bond donors (Lipinski definition) is 1. The van der Waals surface area contributed by atoms with Gasteiger partial charge in [-0.05, 0) is 49.4 Å². The molecule has 1 N–H and O–H groups in total. The van der Waals surface area contributed by atoms with Gasteiger partial charge in [0.25, 0.3) is 10.0 Å². The van der Waals surface area contributed by atoms with E-state index >= 15 is 0 Å². The van der Waals surface area contributed by atoms with Gasteiger partial charge >= 0.3 is 0 Å². The van der Waals surface area contributed by atoms with Crippen molar-refractivity contribution in [1.82, 2.24) is 0 Å². The van der Waals surface area contributed by atoms with Crippen LogP contribution in [0.1, 0.15) is 5.56 Å². The molecule has 0 atom stereocenters. The summed E-state index contributed by atoms with van der Waals surface area (Å²) in [6, 6.07) is 16.0. The SMILES string of the molecule is Cc1ccc(S(=O)(=O)N(CC(=O)Nc2cccc(F)c2)c2cccc(Cl)c2Cl)cc1. The second-order valence-corrected chi connectivity index (χ2v) is 9.10. The topological polar surface area (TPSA) is 66.5 Å². The number of anilines is 2. The van der Waals surface area contributed by atoms with Crippen LogP contribution in [0.2, 0.25) is 10.0 Å². The van der Waals surface area contributed by atoms with E-state index in [1.165, 1.54) is 48.5 Å². The van der Waals surface area contributed by atoms with Crippen LogP contribution in [-0.4, -0.2) is 20.9 Å². The van der Waals surface area contributed by atoms with E-state index < -0.39 is 28.3 Å². The first kappa shape index (κ1) is 22.1. The fraction of sp³-hybridized carbons (Fsp3) is 0.0952. The number of rotatable bonds is 6. The van der Waals surface area contributed by atoms with Crippen LogP contribution in [-0.2, 0) is 14.8 Å². The predicted octanol–water partition coefficient (Wildman–Crippen LogP) is 5.27. The van der Waals surface area contributed by atoms with Gasteiger partial charge in [0, 0.05) is 5.69 Å². The zero-order chi connectivity index (χ0) is 21.9. The molecular formula is C21H17Cl2FN2O3S. The lowest BCUT2D eigenvalue weighted by molar-refractivity contribution is -0.114. The molecule has 0 spiro atoms. The molecule has 5 nitrogen and oxygen atoms in total. The van der Waals surface area contributed by atoms with Crippen molar-refractivity contribution >= 4 is 50.5 Å². The maximum Gasteiger partial charge on any atom is 0.264 e. The summed E-state index contributed by atoms with van der Waals surface area (Å²) in [5.41, 5.74) is 1.13. The third-order valence-electron chi connectivity index (χ3n) is 4.20. The molecular weight excluding hydrogens is 450 g/mol. The van der Waals surface area contributed by atoms with Crippen LogP contribution in [0, 0.1) is 12.7 Å². The van der Waals surface area contributed by atoms with Crippen molar-refractivity contribution in [2.24, 2.45) is 0 Å². The molecule has 3 aromatic rings. The molecule has 0 aliphatic rings. The molecule has 3 rings (SSSR count). The van der Waals surface area contributed by atoms with Crippen molar-refractivity contribution in [3.63, 3.8) is 0 Å². The highest BCUT2D eigenvalue weighted by Crippen LogP contribution is 2.35. The van der Waals surface area contributed by atoms with Crippen LogP contribution in [0.5, 0.6) is 0 Å². The van der Waals surface area contributed by atoms with Crippen molar-refractivity contribution in [2.75, 3.05) is 16.2 Å². The van der Waals surface area contributed by atoms with Crippen molar-refractivity contribution in [3.8, 4) is 0 Å². The fourth-order valence-corrected chi connectivity index (χ4v) is 4.60. The molecule has 9 heteroatoms. The summed E-state index contributed by atoms with van der Waals surface area (Å²) in [7, 11) is -4.15. The van der Waals surface area contributed by atoms with E-state index in [0.29, 0.717) is 0 Å². The first-order chi connectivity index (χ1) is 14.2. The van der Waals surface area contributed by atoms with Crippen molar-refractivity contribution < 1.29 is 17.6 Å². The van der Waals surface area contributed by atoms with E-state index in [1.54, 1.807) is 12.1 Å². The second kappa shape index (κ2) is 9.04. The Morgan fingerprint density at radius 3 is 2.37 bits per heavy atom. The summed E-state index contributed by atoms with van der Waals surface area (Å²) in [6.45, 7) is 1.24. The highest BCUT2D eigenvalue weighted by atomic mass is 35.5.